The number of aromatic nitrogens is 2. The van der Waals surface area contributed by atoms with Crippen LogP contribution in [0.2, 0.25) is 0 Å². The zero-order chi connectivity index (χ0) is 26.5. The Bertz CT molecular complexity index is 1550. The molecule has 0 spiro atoms. The highest BCUT2D eigenvalue weighted by molar-refractivity contribution is 6.13. The van der Waals surface area contributed by atoms with Gasteiger partial charge in [-0.2, -0.15) is 0 Å². The Morgan fingerprint density at radius 3 is 2.30 bits per heavy atom. The molecule has 0 bridgehead atoms. The van der Waals surface area contributed by atoms with Gasteiger partial charge >= 0.3 is 6.03 Å². The first-order valence-electron chi connectivity index (χ1n) is 12.1. The molecule has 0 aliphatic carbocycles. The third kappa shape index (κ3) is 3.85. The average Bonchev–Trinajstić information content (AvgIpc) is 3.51. The van der Waals surface area contributed by atoms with E-state index in [4.69, 9.17) is 4.52 Å². The first kappa shape index (κ1) is 24.2. The van der Waals surface area contributed by atoms with E-state index in [2.05, 4.69) is 10.5 Å². The van der Waals surface area contributed by atoms with Crippen LogP contribution < -0.4 is 5.32 Å². The largest absolute Gasteiger partial charge is 0.360 e. The van der Waals surface area contributed by atoms with Crippen molar-refractivity contribution in [3.05, 3.63) is 106 Å². The Hall–Kier alpha value is -4.46. The molecule has 0 unspecified atom stereocenters. The van der Waals surface area contributed by atoms with Crippen LogP contribution in [0.1, 0.15) is 49.8 Å². The van der Waals surface area contributed by atoms with Crippen LogP contribution in [-0.4, -0.2) is 38.9 Å². The molecule has 0 radical (unpaired) electrons. The smallest absolute Gasteiger partial charge is 0.325 e. The highest BCUT2D eigenvalue weighted by Crippen LogP contribution is 2.37. The summed E-state index contributed by atoms with van der Waals surface area (Å²) < 4.78 is 7.01. The summed E-state index contributed by atoms with van der Waals surface area (Å²) in [6.07, 6.45) is 0. The topological polar surface area (TPSA) is 97.4 Å². The summed E-state index contributed by atoms with van der Waals surface area (Å²) in [5, 5.41) is 6.98. The Morgan fingerprint density at radius 2 is 1.65 bits per heavy atom. The fourth-order valence-corrected chi connectivity index (χ4v) is 5.03. The molecule has 2 aromatic carbocycles. The maximum Gasteiger partial charge on any atom is 0.325 e. The fourth-order valence-electron chi connectivity index (χ4n) is 5.03. The number of urea groups is 1. The van der Waals surface area contributed by atoms with Gasteiger partial charge in [-0.1, -0.05) is 53.7 Å². The van der Waals surface area contributed by atoms with Crippen molar-refractivity contribution in [1.29, 1.82) is 0 Å². The van der Waals surface area contributed by atoms with Gasteiger partial charge in [0.05, 0.1) is 6.54 Å². The first-order chi connectivity index (χ1) is 17.6. The van der Waals surface area contributed by atoms with Gasteiger partial charge in [0.2, 0.25) is 0 Å². The monoisotopic (exact) mass is 496 g/mol. The number of amides is 3. The minimum Gasteiger partial charge on any atom is -0.360 e. The molecule has 1 aliphatic rings. The van der Waals surface area contributed by atoms with Crippen LogP contribution in [0.5, 0.6) is 0 Å². The quantitative estimate of drug-likeness (QED) is 0.309. The Balaban J connectivity index is 1.52. The minimum atomic E-state index is -1.42. The van der Waals surface area contributed by atoms with Crippen LogP contribution in [-0.2, 0) is 10.3 Å². The van der Waals surface area contributed by atoms with Gasteiger partial charge in [0, 0.05) is 23.0 Å². The van der Waals surface area contributed by atoms with Crippen LogP contribution in [0.15, 0.2) is 65.2 Å². The number of hydrogen-bond acceptors (Lipinski definition) is 5. The van der Waals surface area contributed by atoms with Gasteiger partial charge in [-0.3, -0.25) is 19.1 Å². The number of carbonyl (C=O) groups excluding carboxylic acids is 3. The van der Waals surface area contributed by atoms with Gasteiger partial charge in [-0.05, 0) is 62.9 Å². The van der Waals surface area contributed by atoms with Gasteiger partial charge in [0.15, 0.2) is 17.1 Å². The summed E-state index contributed by atoms with van der Waals surface area (Å²) in [4.78, 5) is 41.8. The van der Waals surface area contributed by atoms with Crippen LogP contribution in [0.3, 0.4) is 0 Å². The van der Waals surface area contributed by atoms with Gasteiger partial charge < -0.3 is 9.84 Å². The highest BCUT2D eigenvalue weighted by atomic mass is 16.5. The van der Waals surface area contributed by atoms with Crippen molar-refractivity contribution >= 4 is 17.7 Å². The summed E-state index contributed by atoms with van der Waals surface area (Å²) in [5.41, 5.74) is 3.80. The molecule has 1 fully saturated rings. The SMILES string of the molecule is Cc1cc(-n2c(C)cc(C(=O)CN3C(=O)N[C@](c4ccccc4)(c4ccc(C)c(C)c4)C3=O)c2C)no1. The van der Waals surface area contributed by atoms with E-state index in [0.29, 0.717) is 34.0 Å². The van der Waals surface area contributed by atoms with E-state index in [1.54, 1.807) is 26.0 Å². The molecule has 3 heterocycles. The first-order valence-corrected chi connectivity index (χ1v) is 12.1. The number of nitrogens with one attached hydrogen (secondary N) is 1. The number of aryl methyl sites for hydroxylation is 4. The molecular weight excluding hydrogens is 468 g/mol. The summed E-state index contributed by atoms with van der Waals surface area (Å²) in [6.45, 7) is 9.04. The predicted octanol–water partition coefficient (Wildman–Crippen LogP) is 4.69. The molecule has 4 aromatic rings. The zero-order valence-electron chi connectivity index (χ0n) is 21.5. The molecule has 1 N–H and O–H groups in total. The number of ketones is 1. The van der Waals surface area contributed by atoms with Crippen molar-refractivity contribution in [2.24, 2.45) is 0 Å². The van der Waals surface area contributed by atoms with Crippen molar-refractivity contribution < 1.29 is 18.9 Å². The molecule has 8 nitrogen and oxygen atoms in total. The molecule has 3 amide bonds. The standard InChI is InChI=1S/C29H28N4O4/c1-17-11-12-23(13-18(17)2)29(22-9-7-6-8-10-22)27(35)32(28(36)30-29)16-25(34)24-14-19(3)33(21(24)5)26-15-20(4)37-31-26/h6-15H,16H2,1-5H3,(H,30,36)/t29-/m1/s1. The number of Topliss-reactive ketones (excluding diaryl/α,β-unsaturated/α-hetero) is 1. The van der Waals surface area contributed by atoms with E-state index in [9.17, 15) is 14.4 Å². The summed E-state index contributed by atoms with van der Waals surface area (Å²) in [5.74, 6) is 0.394. The van der Waals surface area contributed by atoms with Crippen LogP contribution in [0.25, 0.3) is 5.82 Å². The number of rotatable bonds is 6. The molecule has 1 atom stereocenters. The third-order valence-corrected chi connectivity index (χ3v) is 7.13. The molecule has 1 saturated heterocycles. The minimum absolute atomic E-state index is 0.341. The lowest BCUT2D eigenvalue weighted by Gasteiger charge is -2.28. The second kappa shape index (κ2) is 8.89. The van der Waals surface area contributed by atoms with E-state index >= 15 is 0 Å². The summed E-state index contributed by atoms with van der Waals surface area (Å²) in [7, 11) is 0. The second-order valence-corrected chi connectivity index (χ2v) is 9.58. The van der Waals surface area contributed by atoms with E-state index in [0.717, 1.165) is 21.7 Å². The lowest BCUT2D eigenvalue weighted by atomic mass is 9.81. The van der Waals surface area contributed by atoms with Crippen molar-refractivity contribution in [3.63, 3.8) is 0 Å². The average molecular weight is 497 g/mol. The van der Waals surface area contributed by atoms with Gasteiger partial charge in [-0.15, -0.1) is 0 Å². The lowest BCUT2D eigenvalue weighted by molar-refractivity contribution is -0.129. The van der Waals surface area contributed by atoms with E-state index in [-0.39, 0.29) is 12.3 Å². The molecule has 8 heteroatoms. The number of nitrogens with zero attached hydrogens (tertiary/aromatic N) is 3. The molecule has 188 valence electrons. The third-order valence-electron chi connectivity index (χ3n) is 7.13. The Kier molecular flexibility index (Phi) is 5.82. The Labute approximate surface area is 214 Å². The molecule has 37 heavy (non-hydrogen) atoms. The van der Waals surface area contributed by atoms with E-state index in [1.807, 2.05) is 73.9 Å². The summed E-state index contributed by atoms with van der Waals surface area (Å²) >= 11 is 0. The van der Waals surface area contributed by atoms with Crippen LogP contribution >= 0.6 is 0 Å². The summed E-state index contributed by atoms with van der Waals surface area (Å²) in [6, 6.07) is 17.7. The number of hydrogen-bond donors (Lipinski definition) is 1. The molecule has 2 aromatic heterocycles. The van der Waals surface area contributed by atoms with E-state index in [1.165, 1.54) is 0 Å². The van der Waals surface area contributed by atoms with Gasteiger partial charge in [0.1, 0.15) is 5.76 Å². The van der Waals surface area contributed by atoms with Crippen molar-refractivity contribution in [2.75, 3.05) is 6.54 Å². The van der Waals surface area contributed by atoms with Crippen molar-refractivity contribution in [2.45, 2.75) is 40.2 Å². The second-order valence-electron chi connectivity index (χ2n) is 9.58. The highest BCUT2D eigenvalue weighted by Gasteiger charge is 2.54. The normalized spacial score (nSPS) is 17.4. The maximum absolute atomic E-state index is 14.0. The zero-order valence-corrected chi connectivity index (χ0v) is 21.5. The fraction of sp³-hybridized carbons (Fsp3) is 0.241. The lowest BCUT2D eigenvalue weighted by Crippen LogP contribution is -2.45. The van der Waals surface area contributed by atoms with Crippen molar-refractivity contribution in [3.8, 4) is 5.82 Å². The molecule has 5 rings (SSSR count). The van der Waals surface area contributed by atoms with Crippen LogP contribution in [0, 0.1) is 34.6 Å². The number of benzene rings is 2. The molecule has 1 aliphatic heterocycles. The predicted molar refractivity (Wildman–Crippen MR) is 138 cm³/mol. The number of imide groups is 1. The number of carbonyl (C=O) groups is 3. The Morgan fingerprint density at radius 1 is 0.919 bits per heavy atom. The molecule has 0 saturated carbocycles. The van der Waals surface area contributed by atoms with E-state index < -0.39 is 17.5 Å². The molecular formula is C29H28N4O4. The van der Waals surface area contributed by atoms with Gasteiger partial charge in [0.25, 0.3) is 5.91 Å². The van der Waals surface area contributed by atoms with Crippen molar-refractivity contribution in [1.82, 2.24) is 19.9 Å². The maximum atomic E-state index is 14.0. The van der Waals surface area contributed by atoms with Crippen LogP contribution in [0.4, 0.5) is 4.79 Å². The van der Waals surface area contributed by atoms with Gasteiger partial charge in [-0.25, -0.2) is 4.79 Å².